The van der Waals surface area contributed by atoms with Gasteiger partial charge in [-0.25, -0.2) is 0 Å². The number of hydrogen-bond acceptors (Lipinski definition) is 5. The molecule has 3 aromatic carbocycles. The summed E-state index contributed by atoms with van der Waals surface area (Å²) < 4.78 is 0. The maximum absolute atomic E-state index is 12.2. The van der Waals surface area contributed by atoms with E-state index in [2.05, 4.69) is 78.5 Å². The summed E-state index contributed by atoms with van der Waals surface area (Å²) in [6.45, 7) is 8.80. The van der Waals surface area contributed by atoms with E-state index in [0.29, 0.717) is 30.5 Å². The second-order valence-electron chi connectivity index (χ2n) is 11.0. The number of fused-ring (bicyclic) bond motifs is 2. The highest BCUT2D eigenvalue weighted by atomic mass is 16.1. The number of nitrogens with one attached hydrogen (secondary N) is 2. The van der Waals surface area contributed by atoms with E-state index < -0.39 is 11.3 Å². The predicted octanol–water partition coefficient (Wildman–Crippen LogP) is 4.80. The van der Waals surface area contributed by atoms with Gasteiger partial charge in [0.15, 0.2) is 0 Å². The molecule has 0 saturated heterocycles. The Hall–Kier alpha value is -4.30. The van der Waals surface area contributed by atoms with Crippen molar-refractivity contribution in [1.82, 2.24) is 5.32 Å². The van der Waals surface area contributed by atoms with Crippen LogP contribution in [0.3, 0.4) is 0 Å². The van der Waals surface area contributed by atoms with Crippen LogP contribution in [0.1, 0.15) is 69.1 Å². The molecule has 0 fully saturated rings. The van der Waals surface area contributed by atoms with Crippen LogP contribution in [0.2, 0.25) is 0 Å². The van der Waals surface area contributed by atoms with Crippen molar-refractivity contribution >= 4 is 11.7 Å². The van der Waals surface area contributed by atoms with Crippen LogP contribution >= 0.6 is 0 Å². The van der Waals surface area contributed by atoms with Crippen LogP contribution < -0.4 is 22.5 Å². The van der Waals surface area contributed by atoms with Gasteiger partial charge in [0.1, 0.15) is 5.84 Å². The van der Waals surface area contributed by atoms with Gasteiger partial charge in [-0.2, -0.15) is 5.53 Å². The minimum absolute atomic E-state index is 0.0250. The van der Waals surface area contributed by atoms with E-state index in [1.165, 1.54) is 11.1 Å². The predicted molar refractivity (Wildman–Crippen MR) is 165 cm³/mol. The summed E-state index contributed by atoms with van der Waals surface area (Å²) in [6, 6.07) is 20.7. The molecule has 0 aromatic heterocycles. The molecule has 3 aromatic rings. The molecule has 0 aliphatic heterocycles. The first-order chi connectivity index (χ1) is 19.7. The molecule has 0 spiro atoms. The molecule has 0 bridgehead atoms. The summed E-state index contributed by atoms with van der Waals surface area (Å²) in [5, 5.41) is 11.2. The summed E-state index contributed by atoms with van der Waals surface area (Å²) in [5.41, 5.74) is 34.0. The number of carbonyl (C=O) groups excluding carboxylic acids is 1. The molecule has 8 heteroatoms. The lowest BCUT2D eigenvalue weighted by Crippen LogP contribution is -2.49. The van der Waals surface area contributed by atoms with Gasteiger partial charge in [0.2, 0.25) is 5.91 Å². The Balaban J connectivity index is 1.94. The average Bonchev–Trinajstić information content (AvgIpc) is 3.08. The van der Waals surface area contributed by atoms with Crippen molar-refractivity contribution in [1.29, 1.82) is 5.53 Å². The molecule has 8 nitrogen and oxygen atoms in total. The summed E-state index contributed by atoms with van der Waals surface area (Å²) in [5.74, 6) is -0.226. The zero-order chi connectivity index (χ0) is 29.6. The van der Waals surface area contributed by atoms with Gasteiger partial charge in [-0.05, 0) is 97.5 Å². The Morgan fingerprint density at radius 3 is 2.24 bits per heavy atom. The maximum Gasteiger partial charge on any atom is 0.248 e. The second kappa shape index (κ2) is 12.9. The zero-order valence-electron chi connectivity index (χ0n) is 24.0. The van der Waals surface area contributed by atoms with Crippen molar-refractivity contribution in [2.75, 3.05) is 6.54 Å². The number of primary amides is 1. The highest BCUT2D eigenvalue weighted by Gasteiger charge is 2.45. The van der Waals surface area contributed by atoms with Gasteiger partial charge in [-0.3, -0.25) is 4.79 Å². The minimum atomic E-state index is -0.893. The topological polar surface area (TPSA) is 156 Å². The van der Waals surface area contributed by atoms with E-state index in [0.717, 1.165) is 53.6 Å². The number of rotatable bonds is 12. The first-order valence-electron chi connectivity index (χ1n) is 14.2. The summed E-state index contributed by atoms with van der Waals surface area (Å²) in [6.07, 6.45) is 4.29. The van der Waals surface area contributed by atoms with E-state index in [9.17, 15) is 4.79 Å². The van der Waals surface area contributed by atoms with Gasteiger partial charge in [0.25, 0.3) is 0 Å². The van der Waals surface area contributed by atoms with E-state index in [-0.39, 0.29) is 11.9 Å². The summed E-state index contributed by atoms with van der Waals surface area (Å²) >= 11 is 0. The molecular weight excluding hydrogens is 510 g/mol. The average molecular weight is 552 g/mol. The molecule has 4 rings (SSSR count). The molecule has 0 saturated carbocycles. The van der Waals surface area contributed by atoms with Crippen LogP contribution in [0.5, 0.6) is 0 Å². The van der Waals surface area contributed by atoms with E-state index in [1.54, 1.807) is 6.07 Å². The SMILES string of the molecule is C=C(N)CCc1ccc2c(c1)CCc1cc(C(N)=O)ccc1C2(C[C@@H](Cc1ccc(C)cc1)NCC)C(N)=NN=N. The van der Waals surface area contributed by atoms with Crippen molar-refractivity contribution in [3.63, 3.8) is 0 Å². The highest BCUT2D eigenvalue weighted by molar-refractivity contribution is 5.97. The molecule has 41 heavy (non-hydrogen) atoms. The van der Waals surface area contributed by atoms with E-state index in [1.807, 2.05) is 12.1 Å². The lowest BCUT2D eigenvalue weighted by Gasteiger charge is -2.39. The van der Waals surface area contributed by atoms with Gasteiger partial charge in [-0.1, -0.05) is 72.8 Å². The van der Waals surface area contributed by atoms with Crippen LogP contribution in [0.25, 0.3) is 0 Å². The van der Waals surface area contributed by atoms with Gasteiger partial charge >= 0.3 is 0 Å². The third-order valence-electron chi connectivity index (χ3n) is 8.12. The lowest BCUT2D eigenvalue weighted by molar-refractivity contribution is 0.1000. The third-order valence-corrected chi connectivity index (χ3v) is 8.12. The monoisotopic (exact) mass is 551 g/mol. The van der Waals surface area contributed by atoms with Crippen molar-refractivity contribution < 1.29 is 4.79 Å². The van der Waals surface area contributed by atoms with Crippen LogP contribution in [0.4, 0.5) is 0 Å². The summed E-state index contributed by atoms with van der Waals surface area (Å²) in [7, 11) is 0. The number of nitrogens with zero attached hydrogens (tertiary/aromatic N) is 2. The Bertz CT molecular complexity index is 1460. The Morgan fingerprint density at radius 2 is 1.63 bits per heavy atom. The van der Waals surface area contributed by atoms with Gasteiger partial charge in [0.05, 0.1) is 5.41 Å². The van der Waals surface area contributed by atoms with Crippen LogP contribution in [-0.4, -0.2) is 24.3 Å². The van der Waals surface area contributed by atoms with Crippen molar-refractivity contribution in [2.45, 2.75) is 63.8 Å². The zero-order valence-corrected chi connectivity index (χ0v) is 24.0. The summed E-state index contributed by atoms with van der Waals surface area (Å²) in [4.78, 5) is 12.2. The van der Waals surface area contributed by atoms with Gasteiger partial charge in [0, 0.05) is 17.3 Å². The fourth-order valence-corrected chi connectivity index (χ4v) is 6.14. The Morgan fingerprint density at radius 1 is 1.00 bits per heavy atom. The number of amides is 1. The lowest BCUT2D eigenvalue weighted by atomic mass is 9.67. The van der Waals surface area contributed by atoms with Gasteiger partial charge in [-0.15, -0.1) is 5.10 Å². The number of likely N-dealkylation sites (N-methyl/N-ethyl adjacent to an activating group) is 1. The number of hydrogen-bond donors (Lipinski definition) is 5. The Kier molecular flexibility index (Phi) is 9.35. The largest absolute Gasteiger partial charge is 0.403 e. The molecule has 2 atom stereocenters. The van der Waals surface area contributed by atoms with Crippen LogP contribution in [0, 0.1) is 12.5 Å². The number of nitrogens with two attached hydrogens (primary N) is 3. The molecular formula is C33H41N7O. The Labute approximate surface area is 242 Å². The van der Waals surface area contributed by atoms with Crippen LogP contribution in [0.15, 0.2) is 83.3 Å². The number of benzene rings is 3. The first-order valence-corrected chi connectivity index (χ1v) is 14.2. The molecule has 214 valence electrons. The molecule has 0 radical (unpaired) electrons. The van der Waals surface area contributed by atoms with E-state index >= 15 is 0 Å². The van der Waals surface area contributed by atoms with Crippen LogP contribution in [-0.2, 0) is 31.1 Å². The molecule has 8 N–H and O–H groups in total. The number of carbonyl (C=O) groups is 1. The molecule has 1 aliphatic carbocycles. The van der Waals surface area contributed by atoms with Crippen molar-refractivity contribution in [3.05, 3.63) is 117 Å². The maximum atomic E-state index is 12.2. The fraction of sp³-hybridized carbons (Fsp3) is 0.333. The number of allylic oxidation sites excluding steroid dienone is 1. The molecule has 1 unspecified atom stereocenters. The smallest absolute Gasteiger partial charge is 0.248 e. The molecule has 0 heterocycles. The quantitative estimate of drug-likeness (QED) is 0.0949. The standard InChI is InChI=1S/C33H41N7O/c1-4-38-28(18-24-8-5-21(2)6-9-24)20-33(32(36)39-40-37)29-15-11-23(10-7-22(3)34)17-25(29)12-13-26-19-27(31(35)41)14-16-30(26)33/h5-6,8-9,11,14-17,19,28,38H,3-4,7,10,12-13,18,20,34H2,1-2H3,(H2,35,41)(H3,36,37,39)/t28-,33?/m1/s1. The van der Waals surface area contributed by atoms with Crippen molar-refractivity contribution in [3.8, 4) is 0 Å². The third kappa shape index (κ3) is 6.55. The first kappa shape index (κ1) is 29.7. The van der Waals surface area contributed by atoms with E-state index in [4.69, 9.17) is 22.7 Å². The molecule has 1 amide bonds. The van der Waals surface area contributed by atoms with Gasteiger partial charge < -0.3 is 22.5 Å². The number of amidine groups is 1. The van der Waals surface area contributed by atoms with Crippen molar-refractivity contribution in [2.24, 2.45) is 27.5 Å². The highest BCUT2D eigenvalue weighted by Crippen LogP contribution is 2.44. The minimum Gasteiger partial charge on any atom is -0.403 e. The second-order valence-corrected chi connectivity index (χ2v) is 11.0. The normalized spacial score (nSPS) is 17.2. The number of aryl methyl sites for hydroxylation is 4. The molecule has 1 aliphatic rings. The fourth-order valence-electron chi connectivity index (χ4n) is 6.14.